The van der Waals surface area contributed by atoms with Crippen molar-refractivity contribution in [2.75, 3.05) is 18.9 Å². The predicted molar refractivity (Wildman–Crippen MR) is 99.0 cm³/mol. The molecule has 0 bridgehead atoms. The largest absolute Gasteiger partial charge is 0.391 e. The highest BCUT2D eigenvalue weighted by atomic mass is 19.3. The molecule has 2 atom stereocenters. The van der Waals surface area contributed by atoms with Crippen molar-refractivity contribution in [1.82, 2.24) is 19.6 Å². The summed E-state index contributed by atoms with van der Waals surface area (Å²) in [6.07, 6.45) is 4.26. The summed E-state index contributed by atoms with van der Waals surface area (Å²) in [7, 11) is 0. The minimum absolute atomic E-state index is 0.00130. The van der Waals surface area contributed by atoms with Crippen molar-refractivity contribution in [3.05, 3.63) is 42.0 Å². The lowest BCUT2D eigenvalue weighted by atomic mass is 10.1. The third-order valence-electron chi connectivity index (χ3n) is 4.90. The van der Waals surface area contributed by atoms with Crippen molar-refractivity contribution in [2.45, 2.75) is 37.2 Å². The van der Waals surface area contributed by atoms with Crippen LogP contribution in [0.4, 0.5) is 19.1 Å². The molecule has 0 aromatic carbocycles. The fourth-order valence-electron chi connectivity index (χ4n) is 3.21. The predicted octanol–water partition coefficient (Wildman–Crippen LogP) is 2.79. The molecule has 0 spiro atoms. The smallest absolute Gasteiger partial charge is 0.255 e. The van der Waals surface area contributed by atoms with E-state index < -0.39 is 17.7 Å². The van der Waals surface area contributed by atoms with Crippen LogP contribution in [-0.2, 0) is 4.74 Å². The molecule has 2 aliphatic rings. The van der Waals surface area contributed by atoms with Gasteiger partial charge in [-0.1, -0.05) is 6.07 Å². The third-order valence-corrected chi connectivity index (χ3v) is 4.90. The first-order valence-electron chi connectivity index (χ1n) is 9.25. The summed E-state index contributed by atoms with van der Waals surface area (Å²) in [5.41, 5.74) is 6.97. The van der Waals surface area contributed by atoms with Crippen LogP contribution in [-0.4, -0.2) is 49.9 Å². The molecule has 0 amide bonds. The van der Waals surface area contributed by atoms with Crippen LogP contribution in [0, 0.1) is 5.82 Å². The van der Waals surface area contributed by atoms with Crippen molar-refractivity contribution in [2.24, 2.45) is 0 Å². The molecule has 3 aromatic heterocycles. The summed E-state index contributed by atoms with van der Waals surface area (Å²) in [6.45, 7) is 1.37. The van der Waals surface area contributed by atoms with E-state index in [0.29, 0.717) is 23.6 Å². The molecule has 5 rings (SSSR count). The van der Waals surface area contributed by atoms with E-state index in [1.807, 2.05) is 0 Å². The van der Waals surface area contributed by atoms with E-state index in [-0.39, 0.29) is 24.0 Å². The van der Waals surface area contributed by atoms with Gasteiger partial charge in [0.05, 0.1) is 36.2 Å². The lowest BCUT2D eigenvalue weighted by Crippen LogP contribution is -2.21. The molecular formula is C19H20F3N5O2. The zero-order valence-electron chi connectivity index (χ0n) is 15.4. The van der Waals surface area contributed by atoms with E-state index in [0.717, 1.165) is 19.4 Å². The number of nitrogens with zero attached hydrogens (tertiary/aromatic N) is 4. The van der Waals surface area contributed by atoms with Gasteiger partial charge in [0.25, 0.3) is 5.92 Å². The van der Waals surface area contributed by atoms with Crippen LogP contribution >= 0.6 is 0 Å². The number of aliphatic hydroxyl groups is 1. The van der Waals surface area contributed by atoms with Crippen molar-refractivity contribution in [3.63, 3.8) is 0 Å². The van der Waals surface area contributed by atoms with Crippen molar-refractivity contribution in [1.29, 1.82) is 0 Å². The molecule has 3 aromatic rings. The molecule has 0 radical (unpaired) electrons. The Balaban J connectivity index is 0.000000249. The van der Waals surface area contributed by atoms with Crippen molar-refractivity contribution < 1.29 is 23.0 Å². The molecule has 29 heavy (non-hydrogen) atoms. The first-order chi connectivity index (χ1) is 13.8. The van der Waals surface area contributed by atoms with E-state index >= 15 is 0 Å². The Bertz CT molecular complexity index is 1000. The highest BCUT2D eigenvalue weighted by Gasteiger charge is 2.57. The molecule has 10 heteroatoms. The summed E-state index contributed by atoms with van der Waals surface area (Å²) in [4.78, 5) is 7.89. The lowest BCUT2D eigenvalue weighted by Gasteiger charge is -2.15. The number of hydrogen-bond donors (Lipinski definition) is 2. The number of aromatic nitrogens is 4. The average Bonchev–Trinajstić information content (AvgIpc) is 3.22. The molecule has 1 aliphatic carbocycles. The molecule has 1 aliphatic heterocycles. The van der Waals surface area contributed by atoms with Gasteiger partial charge in [-0.25, -0.2) is 22.7 Å². The van der Waals surface area contributed by atoms with E-state index in [1.165, 1.54) is 23.0 Å². The van der Waals surface area contributed by atoms with Crippen LogP contribution in [0.15, 0.2) is 30.6 Å². The van der Waals surface area contributed by atoms with Gasteiger partial charge in [0.1, 0.15) is 5.52 Å². The first-order valence-corrected chi connectivity index (χ1v) is 9.25. The summed E-state index contributed by atoms with van der Waals surface area (Å²) in [5, 5.41) is 12.7. The number of nitrogens with two attached hydrogens (primary N) is 1. The van der Waals surface area contributed by atoms with Gasteiger partial charge in [-0.05, 0) is 24.5 Å². The molecule has 2 unspecified atom stereocenters. The third kappa shape index (κ3) is 4.18. The fourth-order valence-corrected chi connectivity index (χ4v) is 3.21. The van der Waals surface area contributed by atoms with Gasteiger partial charge < -0.3 is 15.6 Å². The first kappa shape index (κ1) is 19.6. The average molecular weight is 407 g/mol. The normalized spacial score (nSPS) is 22.8. The van der Waals surface area contributed by atoms with Gasteiger partial charge in [-0.3, -0.25) is 4.98 Å². The molecule has 7 nitrogen and oxygen atoms in total. The zero-order chi connectivity index (χ0) is 20.6. The van der Waals surface area contributed by atoms with Crippen LogP contribution in [0.1, 0.15) is 30.7 Å². The number of pyridine rings is 1. The molecule has 3 N–H and O–H groups in total. The lowest BCUT2D eigenvalue weighted by molar-refractivity contribution is -0.00535. The Kier molecular flexibility index (Phi) is 5.13. The SMILES string of the molecule is Nc1ncc2c(F)cc(-c3ccc(C4CC4(F)F)cn3)n2n1.OC1CCCOC1. The minimum Gasteiger partial charge on any atom is -0.391 e. The monoisotopic (exact) mass is 407 g/mol. The molecular weight excluding hydrogens is 387 g/mol. The molecule has 4 heterocycles. The van der Waals surface area contributed by atoms with Crippen LogP contribution < -0.4 is 5.73 Å². The Morgan fingerprint density at radius 3 is 2.59 bits per heavy atom. The number of aliphatic hydroxyl groups excluding tert-OH is 1. The maximum Gasteiger partial charge on any atom is 0.255 e. The van der Waals surface area contributed by atoms with Crippen LogP contribution in [0.3, 0.4) is 0 Å². The molecule has 154 valence electrons. The van der Waals surface area contributed by atoms with E-state index in [1.54, 1.807) is 12.1 Å². The fraction of sp³-hybridized carbons (Fsp3) is 0.421. The minimum atomic E-state index is -2.64. The topological polar surface area (TPSA) is 98.6 Å². The second-order valence-electron chi connectivity index (χ2n) is 7.16. The second-order valence-corrected chi connectivity index (χ2v) is 7.16. The maximum absolute atomic E-state index is 13.9. The number of halogens is 3. The summed E-state index contributed by atoms with van der Waals surface area (Å²) < 4.78 is 46.2. The van der Waals surface area contributed by atoms with Gasteiger partial charge in [-0.2, -0.15) is 0 Å². The standard InChI is InChI=1S/C14H10F3N5.C5H10O2/c15-9-3-11(22-12(9)6-20-13(18)21-22)10-2-1-7(5-19-10)8-4-14(8,16)17;6-5-2-1-3-7-4-5/h1-3,5-6,8H,4H2,(H2,18,21);5-6H,1-4H2. The van der Waals surface area contributed by atoms with E-state index in [2.05, 4.69) is 15.1 Å². The maximum atomic E-state index is 13.9. The highest BCUT2D eigenvalue weighted by molar-refractivity contribution is 5.64. The Labute approximate surface area is 164 Å². The Morgan fingerprint density at radius 1 is 1.24 bits per heavy atom. The Hall–Kier alpha value is -2.72. The van der Waals surface area contributed by atoms with Crippen LogP contribution in [0.2, 0.25) is 0 Å². The van der Waals surface area contributed by atoms with Gasteiger partial charge >= 0.3 is 0 Å². The summed E-state index contributed by atoms with van der Waals surface area (Å²) >= 11 is 0. The number of ether oxygens (including phenoxy) is 1. The van der Waals surface area contributed by atoms with E-state index in [9.17, 15) is 13.2 Å². The zero-order valence-corrected chi connectivity index (χ0v) is 15.4. The van der Waals surface area contributed by atoms with Crippen molar-refractivity contribution >= 4 is 11.5 Å². The number of anilines is 1. The second kappa shape index (κ2) is 7.60. The van der Waals surface area contributed by atoms with Crippen molar-refractivity contribution in [3.8, 4) is 11.4 Å². The van der Waals surface area contributed by atoms with Gasteiger partial charge in [0.2, 0.25) is 5.95 Å². The van der Waals surface area contributed by atoms with Crippen LogP contribution in [0.25, 0.3) is 16.9 Å². The van der Waals surface area contributed by atoms with E-state index in [4.69, 9.17) is 15.6 Å². The number of hydrogen-bond acceptors (Lipinski definition) is 6. The number of nitrogen functional groups attached to an aromatic ring is 1. The summed E-state index contributed by atoms with van der Waals surface area (Å²) in [5.74, 6) is -3.92. The molecule has 2 fully saturated rings. The number of alkyl halides is 2. The Morgan fingerprint density at radius 2 is 2.03 bits per heavy atom. The number of rotatable bonds is 2. The molecule has 1 saturated carbocycles. The number of fused-ring (bicyclic) bond motifs is 1. The van der Waals surface area contributed by atoms with Crippen LogP contribution in [0.5, 0.6) is 0 Å². The quantitative estimate of drug-likeness (QED) is 0.678. The van der Waals surface area contributed by atoms with Gasteiger partial charge in [0, 0.05) is 25.3 Å². The van der Waals surface area contributed by atoms with Gasteiger partial charge in [-0.15, -0.1) is 5.10 Å². The summed E-state index contributed by atoms with van der Waals surface area (Å²) in [6, 6.07) is 4.41. The highest BCUT2D eigenvalue weighted by Crippen LogP contribution is 2.55. The molecule has 1 saturated heterocycles. The van der Waals surface area contributed by atoms with Gasteiger partial charge in [0.15, 0.2) is 5.82 Å².